The van der Waals surface area contributed by atoms with Gasteiger partial charge >= 0.3 is 0 Å². The summed E-state index contributed by atoms with van der Waals surface area (Å²) in [5, 5.41) is 14.1. The summed E-state index contributed by atoms with van der Waals surface area (Å²) in [4.78, 5) is 10.2. The highest BCUT2D eigenvalue weighted by Crippen LogP contribution is 2.42. The molecule has 0 aliphatic heterocycles. The predicted molar refractivity (Wildman–Crippen MR) is 76.2 cm³/mol. The Labute approximate surface area is 114 Å². The van der Waals surface area contributed by atoms with E-state index in [0.717, 1.165) is 25.1 Å². The fraction of sp³-hybridized carbons (Fsp3) is 0.600. The normalized spacial score (nSPS) is 16.9. The van der Waals surface area contributed by atoms with Crippen molar-refractivity contribution < 1.29 is 4.92 Å². The molecule has 104 valence electrons. The molecule has 0 radical (unpaired) electrons. The Kier molecular flexibility index (Phi) is 4.53. The topological polar surface area (TPSA) is 55.2 Å². The number of rotatable bonds is 7. The van der Waals surface area contributed by atoms with Crippen molar-refractivity contribution >= 4 is 5.69 Å². The first kappa shape index (κ1) is 14.0. The highest BCUT2D eigenvalue weighted by atomic mass is 16.6. The molecule has 0 heterocycles. The number of hydrogen-bond donors (Lipinski definition) is 1. The summed E-state index contributed by atoms with van der Waals surface area (Å²) >= 11 is 0. The Bertz CT molecular complexity index is 419. The lowest BCUT2D eigenvalue weighted by Gasteiger charge is -2.41. The molecule has 1 saturated carbocycles. The van der Waals surface area contributed by atoms with Crippen LogP contribution in [0.4, 0.5) is 5.69 Å². The Morgan fingerprint density at radius 1 is 1.32 bits per heavy atom. The lowest BCUT2D eigenvalue weighted by Crippen LogP contribution is -2.40. The van der Waals surface area contributed by atoms with Gasteiger partial charge in [0.05, 0.1) is 4.92 Å². The van der Waals surface area contributed by atoms with Crippen LogP contribution in [0.1, 0.15) is 38.2 Å². The smallest absolute Gasteiger partial charge is 0.269 e. The molecule has 1 aliphatic rings. The van der Waals surface area contributed by atoms with Crippen LogP contribution in [0.2, 0.25) is 0 Å². The zero-order valence-electron chi connectivity index (χ0n) is 11.5. The van der Waals surface area contributed by atoms with Gasteiger partial charge in [-0.1, -0.05) is 25.5 Å². The van der Waals surface area contributed by atoms with Gasteiger partial charge in [-0.2, -0.15) is 0 Å². The largest absolute Gasteiger partial charge is 0.316 e. The summed E-state index contributed by atoms with van der Waals surface area (Å²) in [5.41, 5.74) is 1.86. The van der Waals surface area contributed by atoms with E-state index < -0.39 is 0 Å². The van der Waals surface area contributed by atoms with Crippen LogP contribution in [0.5, 0.6) is 0 Å². The second kappa shape index (κ2) is 6.15. The number of nitro benzene ring substituents is 1. The molecule has 0 amide bonds. The maximum absolute atomic E-state index is 10.5. The van der Waals surface area contributed by atoms with Crippen molar-refractivity contribution in [2.24, 2.45) is 5.41 Å². The zero-order chi connectivity index (χ0) is 13.7. The van der Waals surface area contributed by atoms with Crippen LogP contribution < -0.4 is 5.32 Å². The van der Waals surface area contributed by atoms with Crippen LogP contribution in [0.25, 0.3) is 0 Å². The molecule has 1 aliphatic carbocycles. The second-order valence-corrected chi connectivity index (χ2v) is 5.56. The van der Waals surface area contributed by atoms with Crippen molar-refractivity contribution in [3.8, 4) is 0 Å². The van der Waals surface area contributed by atoms with Gasteiger partial charge in [-0.3, -0.25) is 10.1 Å². The van der Waals surface area contributed by atoms with Gasteiger partial charge in [-0.05, 0) is 43.2 Å². The van der Waals surface area contributed by atoms with Gasteiger partial charge < -0.3 is 5.32 Å². The number of nitro groups is 1. The van der Waals surface area contributed by atoms with Gasteiger partial charge in [-0.15, -0.1) is 0 Å². The fourth-order valence-corrected chi connectivity index (χ4v) is 2.70. The van der Waals surface area contributed by atoms with E-state index in [0.29, 0.717) is 5.41 Å². The van der Waals surface area contributed by atoms with Gasteiger partial charge in [0.25, 0.3) is 5.69 Å². The molecule has 1 fully saturated rings. The SMILES string of the molecule is CCC1(CNCCc2ccc([N+](=O)[O-])cc2)CCC1. The zero-order valence-corrected chi connectivity index (χ0v) is 11.5. The highest BCUT2D eigenvalue weighted by molar-refractivity contribution is 5.32. The molecule has 0 aromatic heterocycles. The van der Waals surface area contributed by atoms with Gasteiger partial charge in [0.1, 0.15) is 0 Å². The van der Waals surface area contributed by atoms with Crippen LogP contribution in [0, 0.1) is 15.5 Å². The van der Waals surface area contributed by atoms with Crippen molar-refractivity contribution in [3.63, 3.8) is 0 Å². The summed E-state index contributed by atoms with van der Waals surface area (Å²) in [7, 11) is 0. The molecule has 1 aromatic carbocycles. The molecule has 0 saturated heterocycles. The quantitative estimate of drug-likeness (QED) is 0.466. The number of non-ortho nitro benzene ring substituents is 1. The third kappa shape index (κ3) is 3.53. The van der Waals surface area contributed by atoms with E-state index in [1.165, 1.54) is 25.7 Å². The predicted octanol–water partition coefficient (Wildman–Crippen LogP) is 3.31. The van der Waals surface area contributed by atoms with Gasteiger partial charge in [0.2, 0.25) is 0 Å². The molecule has 1 N–H and O–H groups in total. The maximum atomic E-state index is 10.5. The molecule has 0 atom stereocenters. The van der Waals surface area contributed by atoms with E-state index in [9.17, 15) is 10.1 Å². The Balaban J connectivity index is 1.72. The Morgan fingerprint density at radius 3 is 2.47 bits per heavy atom. The lowest BCUT2D eigenvalue weighted by atomic mass is 9.67. The summed E-state index contributed by atoms with van der Waals surface area (Å²) < 4.78 is 0. The monoisotopic (exact) mass is 262 g/mol. The highest BCUT2D eigenvalue weighted by Gasteiger charge is 2.34. The van der Waals surface area contributed by atoms with E-state index in [2.05, 4.69) is 12.2 Å². The van der Waals surface area contributed by atoms with E-state index in [-0.39, 0.29) is 10.6 Å². The van der Waals surface area contributed by atoms with Gasteiger partial charge in [-0.25, -0.2) is 0 Å². The van der Waals surface area contributed by atoms with Crippen LogP contribution in [-0.2, 0) is 6.42 Å². The number of nitrogens with one attached hydrogen (secondary N) is 1. The fourth-order valence-electron chi connectivity index (χ4n) is 2.70. The first-order valence-corrected chi connectivity index (χ1v) is 7.09. The standard InChI is InChI=1S/C15H22N2O2/c1-2-15(9-3-10-15)12-16-11-8-13-4-6-14(7-5-13)17(18)19/h4-7,16H,2-3,8-12H2,1H3. The molecule has 1 aromatic rings. The average molecular weight is 262 g/mol. The van der Waals surface area contributed by atoms with Crippen molar-refractivity contribution in [2.45, 2.75) is 39.0 Å². The number of benzene rings is 1. The van der Waals surface area contributed by atoms with Crippen LogP contribution in [0.15, 0.2) is 24.3 Å². The van der Waals surface area contributed by atoms with Gasteiger partial charge in [0, 0.05) is 18.7 Å². The van der Waals surface area contributed by atoms with Crippen molar-refractivity contribution in [1.82, 2.24) is 5.32 Å². The molecular formula is C15H22N2O2. The minimum absolute atomic E-state index is 0.163. The van der Waals surface area contributed by atoms with Crippen molar-refractivity contribution in [1.29, 1.82) is 0 Å². The summed E-state index contributed by atoms with van der Waals surface area (Å²) in [5.74, 6) is 0. The van der Waals surface area contributed by atoms with Crippen molar-refractivity contribution in [3.05, 3.63) is 39.9 Å². The van der Waals surface area contributed by atoms with E-state index in [1.54, 1.807) is 12.1 Å². The third-order valence-electron chi connectivity index (χ3n) is 4.40. The first-order chi connectivity index (χ1) is 9.15. The minimum atomic E-state index is -0.358. The van der Waals surface area contributed by atoms with Crippen LogP contribution >= 0.6 is 0 Å². The Morgan fingerprint density at radius 2 is 2.00 bits per heavy atom. The minimum Gasteiger partial charge on any atom is -0.316 e. The Hall–Kier alpha value is -1.42. The second-order valence-electron chi connectivity index (χ2n) is 5.56. The van der Waals surface area contributed by atoms with E-state index in [4.69, 9.17) is 0 Å². The molecule has 0 bridgehead atoms. The molecule has 19 heavy (non-hydrogen) atoms. The molecule has 0 spiro atoms. The first-order valence-electron chi connectivity index (χ1n) is 7.09. The van der Waals surface area contributed by atoms with E-state index >= 15 is 0 Å². The van der Waals surface area contributed by atoms with Gasteiger partial charge in [0.15, 0.2) is 0 Å². The van der Waals surface area contributed by atoms with E-state index in [1.807, 2.05) is 12.1 Å². The number of nitrogens with zero attached hydrogens (tertiary/aromatic N) is 1. The molecular weight excluding hydrogens is 240 g/mol. The number of hydrogen-bond acceptors (Lipinski definition) is 3. The average Bonchev–Trinajstić information content (AvgIpc) is 2.37. The maximum Gasteiger partial charge on any atom is 0.269 e. The molecule has 2 rings (SSSR count). The summed E-state index contributed by atoms with van der Waals surface area (Å²) in [6.45, 7) is 4.33. The summed E-state index contributed by atoms with van der Waals surface area (Å²) in [6, 6.07) is 6.85. The van der Waals surface area contributed by atoms with Crippen LogP contribution in [0.3, 0.4) is 0 Å². The van der Waals surface area contributed by atoms with Crippen molar-refractivity contribution in [2.75, 3.05) is 13.1 Å². The lowest BCUT2D eigenvalue weighted by molar-refractivity contribution is -0.384. The molecule has 0 unspecified atom stereocenters. The molecule has 4 nitrogen and oxygen atoms in total. The van der Waals surface area contributed by atoms with Crippen LogP contribution in [-0.4, -0.2) is 18.0 Å². The third-order valence-corrected chi connectivity index (χ3v) is 4.40. The summed E-state index contributed by atoms with van der Waals surface area (Å²) in [6.07, 6.45) is 6.27. The molecule has 4 heteroatoms.